The number of hydrogen-bond acceptors (Lipinski definition) is 6. The summed E-state index contributed by atoms with van der Waals surface area (Å²) >= 11 is 0. The van der Waals surface area contributed by atoms with Gasteiger partial charge in [0.1, 0.15) is 0 Å². The normalized spacial score (nSPS) is 18.3. The van der Waals surface area contributed by atoms with Crippen molar-refractivity contribution in [2.75, 3.05) is 13.1 Å². The number of nitrogens with one attached hydrogen (secondary N) is 3. The molecule has 0 spiro atoms. The number of nitrogens with zero attached hydrogens (tertiary/aromatic N) is 3. The standard InChI is InChI=1S/C22H23F3N6O4/c23-22(24,25)17-16(12-31(29-17)15-4-2-1-3-5-15)20(33)27-11-10-26-19(32)14-8-6-13(7-9-14)18-28-21(34)35-30-18/h1-5,12-14H,6-11H2,(H,26,32)(H,27,33)(H,28,30,34)/t13-,14-. The highest BCUT2D eigenvalue weighted by atomic mass is 19.4. The van der Waals surface area contributed by atoms with E-state index >= 15 is 0 Å². The van der Waals surface area contributed by atoms with E-state index in [1.165, 1.54) is 0 Å². The van der Waals surface area contributed by atoms with Crippen LogP contribution in [-0.2, 0) is 11.0 Å². The van der Waals surface area contributed by atoms with Gasteiger partial charge in [0.05, 0.1) is 11.3 Å². The van der Waals surface area contributed by atoms with Gasteiger partial charge in [-0.25, -0.2) is 9.48 Å². The highest BCUT2D eigenvalue weighted by molar-refractivity contribution is 5.95. The number of alkyl halides is 3. The third kappa shape index (κ3) is 5.78. The van der Waals surface area contributed by atoms with E-state index in [4.69, 9.17) is 0 Å². The Morgan fingerprint density at radius 3 is 2.40 bits per heavy atom. The summed E-state index contributed by atoms with van der Waals surface area (Å²) < 4.78 is 45.8. The maximum Gasteiger partial charge on any atom is 0.438 e. The van der Waals surface area contributed by atoms with E-state index in [9.17, 15) is 27.6 Å². The van der Waals surface area contributed by atoms with Crippen LogP contribution in [0.5, 0.6) is 0 Å². The van der Waals surface area contributed by atoms with Gasteiger partial charge in [-0.3, -0.25) is 19.1 Å². The molecule has 0 aliphatic heterocycles. The van der Waals surface area contributed by atoms with Crippen LogP contribution in [0.25, 0.3) is 5.69 Å². The molecule has 0 saturated heterocycles. The van der Waals surface area contributed by atoms with Crippen LogP contribution in [0, 0.1) is 5.92 Å². The van der Waals surface area contributed by atoms with Crippen molar-refractivity contribution in [1.82, 2.24) is 30.6 Å². The Kier molecular flexibility index (Phi) is 7.03. The van der Waals surface area contributed by atoms with Crippen LogP contribution >= 0.6 is 0 Å². The van der Waals surface area contributed by atoms with Crippen LogP contribution in [0.2, 0.25) is 0 Å². The zero-order chi connectivity index (χ0) is 25.0. The van der Waals surface area contributed by atoms with E-state index in [2.05, 4.69) is 30.4 Å². The molecule has 10 nitrogen and oxygen atoms in total. The van der Waals surface area contributed by atoms with Gasteiger partial charge in [0.25, 0.3) is 5.91 Å². The molecule has 0 atom stereocenters. The second-order valence-electron chi connectivity index (χ2n) is 8.25. The molecule has 186 valence electrons. The van der Waals surface area contributed by atoms with Crippen LogP contribution in [0.15, 0.2) is 45.8 Å². The second-order valence-corrected chi connectivity index (χ2v) is 8.25. The first kappa shape index (κ1) is 24.2. The number of aromatic amines is 1. The summed E-state index contributed by atoms with van der Waals surface area (Å²) in [6.45, 7) is 0.0171. The number of aromatic nitrogens is 4. The molecule has 2 heterocycles. The van der Waals surface area contributed by atoms with Crippen molar-refractivity contribution in [1.29, 1.82) is 0 Å². The summed E-state index contributed by atoms with van der Waals surface area (Å²) in [5, 5.41) is 12.4. The molecular formula is C22H23F3N6O4. The quantitative estimate of drug-likeness (QED) is 0.434. The van der Waals surface area contributed by atoms with E-state index in [1.807, 2.05) is 0 Å². The average molecular weight is 492 g/mol. The first-order chi connectivity index (χ1) is 16.7. The molecule has 4 rings (SSSR count). The van der Waals surface area contributed by atoms with E-state index in [-0.39, 0.29) is 30.8 Å². The molecule has 1 aliphatic carbocycles. The molecule has 13 heteroatoms. The first-order valence-electron chi connectivity index (χ1n) is 11.1. The van der Waals surface area contributed by atoms with Gasteiger partial charge in [-0.2, -0.15) is 18.3 Å². The third-order valence-corrected chi connectivity index (χ3v) is 5.90. The lowest BCUT2D eigenvalue weighted by molar-refractivity contribution is -0.141. The van der Waals surface area contributed by atoms with E-state index < -0.39 is 29.1 Å². The number of benzene rings is 1. The molecular weight excluding hydrogens is 469 g/mol. The molecule has 2 amide bonds. The van der Waals surface area contributed by atoms with Crippen molar-refractivity contribution in [3.05, 3.63) is 64.2 Å². The molecule has 1 saturated carbocycles. The fraction of sp³-hybridized carbons (Fsp3) is 0.409. The molecule has 35 heavy (non-hydrogen) atoms. The van der Waals surface area contributed by atoms with Crippen molar-refractivity contribution in [3.63, 3.8) is 0 Å². The number of amides is 2. The fourth-order valence-electron chi connectivity index (χ4n) is 4.11. The minimum absolute atomic E-state index is 0.0180. The average Bonchev–Trinajstić information content (AvgIpc) is 3.49. The number of hydrogen-bond donors (Lipinski definition) is 3. The van der Waals surface area contributed by atoms with Crippen LogP contribution in [0.3, 0.4) is 0 Å². The highest BCUT2D eigenvalue weighted by Gasteiger charge is 2.39. The topological polar surface area (TPSA) is 135 Å². The molecule has 0 unspecified atom stereocenters. The summed E-state index contributed by atoms with van der Waals surface area (Å²) in [6.07, 6.45) is -1.28. The van der Waals surface area contributed by atoms with Gasteiger partial charge in [0.15, 0.2) is 11.5 Å². The number of H-pyrrole nitrogens is 1. The van der Waals surface area contributed by atoms with Gasteiger partial charge in [0, 0.05) is 31.1 Å². The fourth-order valence-corrected chi connectivity index (χ4v) is 4.11. The zero-order valence-corrected chi connectivity index (χ0v) is 18.5. The Morgan fingerprint density at radius 2 is 1.77 bits per heavy atom. The number of carbonyl (C=O) groups excluding carboxylic acids is 2. The maximum atomic E-state index is 13.4. The summed E-state index contributed by atoms with van der Waals surface area (Å²) in [5.74, 6) is -1.48. The Hall–Kier alpha value is -3.90. The molecule has 2 aromatic heterocycles. The third-order valence-electron chi connectivity index (χ3n) is 5.90. The molecule has 1 fully saturated rings. The SMILES string of the molecule is O=C(NCCNC(=O)[C@H]1CC[C@H](c2noc(=O)[nH]2)CC1)c1cn(-c2ccccc2)nc1C(F)(F)F. The minimum Gasteiger partial charge on any atom is -0.354 e. The lowest BCUT2D eigenvalue weighted by Crippen LogP contribution is -2.38. The number of para-hydroxylation sites is 1. The Labute approximate surface area is 196 Å². The predicted molar refractivity (Wildman–Crippen MR) is 116 cm³/mol. The van der Waals surface area contributed by atoms with Gasteiger partial charge in [-0.05, 0) is 37.8 Å². The minimum atomic E-state index is -4.81. The molecule has 0 bridgehead atoms. The Morgan fingerprint density at radius 1 is 1.09 bits per heavy atom. The van der Waals surface area contributed by atoms with Gasteiger partial charge in [-0.1, -0.05) is 23.4 Å². The van der Waals surface area contributed by atoms with Gasteiger partial charge >= 0.3 is 11.9 Å². The predicted octanol–water partition coefficient (Wildman–Crippen LogP) is 2.39. The van der Waals surface area contributed by atoms with E-state index in [0.29, 0.717) is 37.2 Å². The lowest BCUT2D eigenvalue weighted by Gasteiger charge is -2.26. The Bertz CT molecular complexity index is 1230. The largest absolute Gasteiger partial charge is 0.438 e. The Balaban J connectivity index is 1.27. The second kappa shape index (κ2) is 10.2. The first-order valence-corrected chi connectivity index (χ1v) is 11.1. The molecule has 3 N–H and O–H groups in total. The van der Waals surface area contributed by atoms with Gasteiger partial charge in [0.2, 0.25) is 5.91 Å². The number of halogens is 3. The highest BCUT2D eigenvalue weighted by Crippen LogP contribution is 2.34. The van der Waals surface area contributed by atoms with Gasteiger partial charge < -0.3 is 10.6 Å². The van der Waals surface area contributed by atoms with Gasteiger partial charge in [-0.15, -0.1) is 0 Å². The summed E-state index contributed by atoms with van der Waals surface area (Å²) in [4.78, 5) is 38.5. The summed E-state index contributed by atoms with van der Waals surface area (Å²) in [6, 6.07) is 8.15. The lowest BCUT2D eigenvalue weighted by atomic mass is 9.81. The maximum absolute atomic E-state index is 13.4. The molecule has 0 radical (unpaired) electrons. The molecule has 3 aromatic rings. The van der Waals surface area contributed by atoms with Crippen molar-refractivity contribution < 1.29 is 27.3 Å². The molecule has 1 aliphatic rings. The van der Waals surface area contributed by atoms with Crippen LogP contribution in [-0.4, -0.2) is 44.8 Å². The van der Waals surface area contributed by atoms with Crippen molar-refractivity contribution in [2.45, 2.75) is 37.8 Å². The zero-order valence-electron chi connectivity index (χ0n) is 18.5. The van der Waals surface area contributed by atoms with E-state index in [0.717, 1.165) is 10.9 Å². The summed E-state index contributed by atoms with van der Waals surface area (Å²) in [5.41, 5.74) is -1.50. The number of carbonyl (C=O) groups is 2. The monoisotopic (exact) mass is 492 g/mol. The van der Waals surface area contributed by atoms with Crippen molar-refractivity contribution in [3.8, 4) is 5.69 Å². The smallest absolute Gasteiger partial charge is 0.354 e. The van der Waals surface area contributed by atoms with Crippen LogP contribution in [0.4, 0.5) is 13.2 Å². The summed E-state index contributed by atoms with van der Waals surface area (Å²) in [7, 11) is 0. The van der Waals surface area contributed by atoms with Crippen LogP contribution < -0.4 is 16.4 Å². The molecule has 1 aromatic carbocycles. The van der Waals surface area contributed by atoms with Crippen molar-refractivity contribution in [2.24, 2.45) is 5.92 Å². The number of rotatable bonds is 7. The van der Waals surface area contributed by atoms with Crippen LogP contribution in [0.1, 0.15) is 53.5 Å². The van der Waals surface area contributed by atoms with Crippen molar-refractivity contribution >= 4 is 11.8 Å². The van der Waals surface area contributed by atoms with E-state index in [1.54, 1.807) is 30.3 Å².